The van der Waals surface area contributed by atoms with Gasteiger partial charge in [-0.1, -0.05) is 25.3 Å². The second-order valence-electron chi connectivity index (χ2n) is 5.39. The van der Waals surface area contributed by atoms with Crippen LogP contribution < -0.4 is 5.32 Å². The van der Waals surface area contributed by atoms with Crippen molar-refractivity contribution < 1.29 is 14.3 Å². The number of likely N-dealkylation sites (N-methyl/N-ethyl adjacent to an activating group) is 1. The highest BCUT2D eigenvalue weighted by molar-refractivity contribution is 5.97. The number of carbonyl (C=O) groups is 2. The van der Waals surface area contributed by atoms with Gasteiger partial charge in [0.2, 0.25) is 0 Å². The van der Waals surface area contributed by atoms with Crippen molar-refractivity contribution >= 4 is 11.9 Å². The molecule has 0 radical (unpaired) electrons. The summed E-state index contributed by atoms with van der Waals surface area (Å²) >= 11 is 0. The van der Waals surface area contributed by atoms with Crippen molar-refractivity contribution in [3.05, 3.63) is 11.8 Å². The van der Waals surface area contributed by atoms with E-state index < -0.39 is 5.54 Å². The number of hydrogen-bond donors (Lipinski definition) is 1. The summed E-state index contributed by atoms with van der Waals surface area (Å²) in [5.74, 6) is -0.478. The monoisotopic (exact) mass is 266 g/mol. The lowest BCUT2D eigenvalue weighted by molar-refractivity contribution is -0.152. The zero-order valence-electron chi connectivity index (χ0n) is 11.7. The molecule has 106 valence electrons. The third-order valence-electron chi connectivity index (χ3n) is 4.08. The fourth-order valence-corrected chi connectivity index (χ4v) is 2.95. The van der Waals surface area contributed by atoms with Gasteiger partial charge in [-0.15, -0.1) is 0 Å². The Labute approximate surface area is 114 Å². The molecule has 0 aromatic carbocycles. The maximum Gasteiger partial charge on any atom is 0.331 e. The highest BCUT2D eigenvalue weighted by Crippen LogP contribution is 2.30. The average Bonchev–Trinajstić information content (AvgIpc) is 2.85. The van der Waals surface area contributed by atoms with E-state index >= 15 is 0 Å². The van der Waals surface area contributed by atoms with E-state index in [1.165, 1.54) is 7.11 Å². The molecular formula is C14H22N2O3. The van der Waals surface area contributed by atoms with Crippen molar-refractivity contribution in [3.63, 3.8) is 0 Å². The highest BCUT2D eigenvalue weighted by Gasteiger charge is 2.42. The summed E-state index contributed by atoms with van der Waals surface area (Å²) in [7, 11) is 3.27. The summed E-state index contributed by atoms with van der Waals surface area (Å²) < 4.78 is 4.90. The van der Waals surface area contributed by atoms with Gasteiger partial charge in [0.05, 0.1) is 12.8 Å². The third-order valence-corrected chi connectivity index (χ3v) is 4.08. The normalized spacial score (nSPS) is 21.8. The van der Waals surface area contributed by atoms with E-state index in [4.69, 9.17) is 4.74 Å². The molecule has 0 aromatic rings. The zero-order chi connectivity index (χ0) is 13.9. The molecule has 1 aliphatic heterocycles. The van der Waals surface area contributed by atoms with E-state index in [-0.39, 0.29) is 11.9 Å². The summed E-state index contributed by atoms with van der Waals surface area (Å²) in [5.41, 5.74) is -0.164. The molecule has 2 rings (SSSR count). The van der Waals surface area contributed by atoms with Crippen LogP contribution in [0, 0.1) is 0 Å². The number of amides is 1. The Morgan fingerprint density at radius 3 is 2.53 bits per heavy atom. The van der Waals surface area contributed by atoms with Gasteiger partial charge < -0.3 is 15.0 Å². The quantitative estimate of drug-likeness (QED) is 0.780. The standard InChI is InChI=1S/C14H22N2O3/c1-16-10-6-7-11(16)12(17)15-14(13(18)19-2)8-4-3-5-9-14/h7H,3-6,8-10H2,1-2H3,(H,15,17). The van der Waals surface area contributed by atoms with Crippen LogP contribution in [0.15, 0.2) is 11.8 Å². The molecule has 1 saturated carbocycles. The number of rotatable bonds is 3. The van der Waals surface area contributed by atoms with E-state index in [1.54, 1.807) is 0 Å². The Bertz CT molecular complexity index is 397. The van der Waals surface area contributed by atoms with Gasteiger partial charge in [0.15, 0.2) is 0 Å². The molecule has 1 fully saturated rings. The summed E-state index contributed by atoms with van der Waals surface area (Å²) in [5, 5.41) is 2.93. The van der Waals surface area contributed by atoms with Gasteiger partial charge in [-0.2, -0.15) is 0 Å². The second kappa shape index (κ2) is 5.63. The number of nitrogens with zero attached hydrogens (tertiary/aromatic N) is 1. The van der Waals surface area contributed by atoms with Crippen LogP contribution in [0.25, 0.3) is 0 Å². The summed E-state index contributed by atoms with van der Waals surface area (Å²) in [6.07, 6.45) is 7.14. The SMILES string of the molecule is COC(=O)C1(NC(=O)C2=CCCN2C)CCCCC1. The van der Waals surface area contributed by atoms with Crippen LogP contribution in [0.1, 0.15) is 38.5 Å². The van der Waals surface area contributed by atoms with Crippen molar-refractivity contribution in [3.8, 4) is 0 Å². The molecule has 2 aliphatic rings. The number of hydrogen-bond acceptors (Lipinski definition) is 4. The molecule has 1 amide bonds. The zero-order valence-corrected chi connectivity index (χ0v) is 11.7. The van der Waals surface area contributed by atoms with Gasteiger partial charge in [0, 0.05) is 13.6 Å². The average molecular weight is 266 g/mol. The van der Waals surface area contributed by atoms with Crippen LogP contribution in [0.3, 0.4) is 0 Å². The van der Waals surface area contributed by atoms with E-state index in [1.807, 2.05) is 18.0 Å². The summed E-state index contributed by atoms with van der Waals surface area (Å²) in [6, 6.07) is 0. The highest BCUT2D eigenvalue weighted by atomic mass is 16.5. The van der Waals surface area contributed by atoms with Crippen LogP contribution in [0.4, 0.5) is 0 Å². The second-order valence-corrected chi connectivity index (χ2v) is 5.39. The van der Waals surface area contributed by atoms with Gasteiger partial charge in [-0.05, 0) is 19.3 Å². The Morgan fingerprint density at radius 1 is 1.32 bits per heavy atom. The van der Waals surface area contributed by atoms with Crippen molar-refractivity contribution in [2.75, 3.05) is 20.7 Å². The number of carbonyl (C=O) groups excluding carboxylic acids is 2. The first-order valence-electron chi connectivity index (χ1n) is 6.91. The number of ether oxygens (including phenoxy) is 1. The van der Waals surface area contributed by atoms with Gasteiger partial charge in [-0.3, -0.25) is 4.79 Å². The number of nitrogens with one attached hydrogen (secondary N) is 1. The lowest BCUT2D eigenvalue weighted by Crippen LogP contribution is -2.57. The molecule has 1 N–H and O–H groups in total. The molecule has 0 atom stereocenters. The molecule has 0 saturated heterocycles. The maximum absolute atomic E-state index is 12.3. The lowest BCUT2D eigenvalue weighted by atomic mass is 9.81. The van der Waals surface area contributed by atoms with E-state index in [2.05, 4.69) is 5.32 Å². The molecule has 1 aliphatic carbocycles. The maximum atomic E-state index is 12.3. The van der Waals surface area contributed by atoms with Gasteiger partial charge in [-0.25, -0.2) is 4.79 Å². The molecule has 0 unspecified atom stereocenters. The van der Waals surface area contributed by atoms with Gasteiger partial charge in [0.25, 0.3) is 5.91 Å². The molecule has 0 spiro atoms. The molecule has 5 nitrogen and oxygen atoms in total. The topological polar surface area (TPSA) is 58.6 Å². The molecule has 5 heteroatoms. The van der Waals surface area contributed by atoms with Crippen molar-refractivity contribution in [2.45, 2.75) is 44.1 Å². The van der Waals surface area contributed by atoms with Crippen LogP contribution in [-0.4, -0.2) is 43.0 Å². The first-order valence-corrected chi connectivity index (χ1v) is 6.91. The molecular weight excluding hydrogens is 244 g/mol. The minimum absolute atomic E-state index is 0.160. The van der Waals surface area contributed by atoms with E-state index in [0.29, 0.717) is 18.5 Å². The minimum atomic E-state index is -0.825. The van der Waals surface area contributed by atoms with Crippen LogP contribution in [0.2, 0.25) is 0 Å². The van der Waals surface area contributed by atoms with Crippen LogP contribution in [-0.2, 0) is 14.3 Å². The molecule has 19 heavy (non-hydrogen) atoms. The fourth-order valence-electron chi connectivity index (χ4n) is 2.95. The largest absolute Gasteiger partial charge is 0.467 e. The molecule has 1 heterocycles. The summed E-state index contributed by atoms with van der Waals surface area (Å²) in [4.78, 5) is 26.3. The third kappa shape index (κ3) is 2.74. The fraction of sp³-hybridized carbons (Fsp3) is 0.714. The Hall–Kier alpha value is -1.52. The first kappa shape index (κ1) is 13.9. The Balaban J connectivity index is 2.12. The van der Waals surface area contributed by atoms with Crippen LogP contribution >= 0.6 is 0 Å². The van der Waals surface area contributed by atoms with E-state index in [9.17, 15) is 9.59 Å². The summed E-state index contributed by atoms with van der Waals surface area (Å²) in [6.45, 7) is 0.855. The van der Waals surface area contributed by atoms with Gasteiger partial charge in [0.1, 0.15) is 5.54 Å². The Kier molecular flexibility index (Phi) is 4.12. The Morgan fingerprint density at radius 2 is 2.00 bits per heavy atom. The first-order chi connectivity index (χ1) is 9.09. The predicted octanol–water partition coefficient (Wildman–Crippen LogP) is 1.20. The minimum Gasteiger partial charge on any atom is -0.467 e. The van der Waals surface area contributed by atoms with Crippen molar-refractivity contribution in [1.82, 2.24) is 10.2 Å². The van der Waals surface area contributed by atoms with E-state index in [0.717, 1.165) is 32.2 Å². The molecule has 0 bridgehead atoms. The van der Waals surface area contributed by atoms with Crippen molar-refractivity contribution in [1.29, 1.82) is 0 Å². The predicted molar refractivity (Wildman–Crippen MR) is 71.3 cm³/mol. The van der Waals surface area contributed by atoms with Crippen LogP contribution in [0.5, 0.6) is 0 Å². The number of esters is 1. The smallest absolute Gasteiger partial charge is 0.331 e. The molecule has 0 aromatic heterocycles. The lowest BCUT2D eigenvalue weighted by Gasteiger charge is -2.35. The van der Waals surface area contributed by atoms with Gasteiger partial charge >= 0.3 is 5.97 Å². The van der Waals surface area contributed by atoms with Crippen molar-refractivity contribution in [2.24, 2.45) is 0 Å². The number of methoxy groups -OCH3 is 1.